The molecule has 2 aromatic heterocycles. The molecule has 1 aliphatic rings. The van der Waals surface area contributed by atoms with Crippen LogP contribution in [0.5, 0.6) is 0 Å². The minimum absolute atomic E-state index is 0.0352. The van der Waals surface area contributed by atoms with Crippen LogP contribution in [0.2, 0.25) is 0 Å². The van der Waals surface area contributed by atoms with Crippen LogP contribution in [-0.2, 0) is 20.7 Å². The van der Waals surface area contributed by atoms with Crippen molar-refractivity contribution in [1.29, 1.82) is 0 Å². The molecule has 3 heterocycles. The predicted molar refractivity (Wildman–Crippen MR) is 122 cm³/mol. The number of carbonyl (C=O) groups is 3. The maximum atomic E-state index is 15.1. The molecule has 0 saturated heterocycles. The summed E-state index contributed by atoms with van der Waals surface area (Å²) < 4.78 is 25.4. The average molecular weight is 501 g/mol. The van der Waals surface area contributed by atoms with E-state index in [9.17, 15) is 19.5 Å². The third kappa shape index (κ3) is 4.53. The minimum atomic E-state index is -1.39. The number of rotatable bonds is 8. The van der Waals surface area contributed by atoms with E-state index in [1.54, 1.807) is 19.9 Å². The molecule has 4 rings (SSSR count). The third-order valence-electron chi connectivity index (χ3n) is 5.22. The standard InChI is InChI=1S/C23H20FN3O7S/c1-3-33-17(28)9-13-10-35-23(25-13)27-19(14-6-5-12(26-32)8-15(14)24)18(21(30)22(27)31)20(29)16-7-4-11(2)34-16/h4-8,10,19,26,30,32H,3,9H2,1-2H3. The van der Waals surface area contributed by atoms with Gasteiger partial charge in [-0.25, -0.2) is 9.37 Å². The first-order valence-electron chi connectivity index (χ1n) is 10.4. The van der Waals surface area contributed by atoms with E-state index < -0.39 is 40.9 Å². The van der Waals surface area contributed by atoms with Gasteiger partial charge in [0.2, 0.25) is 5.78 Å². The van der Waals surface area contributed by atoms with Gasteiger partial charge in [0.05, 0.1) is 30.0 Å². The second-order valence-corrected chi connectivity index (χ2v) is 8.37. The lowest BCUT2D eigenvalue weighted by Gasteiger charge is -2.24. The van der Waals surface area contributed by atoms with Crippen LogP contribution in [0.15, 0.2) is 51.5 Å². The highest BCUT2D eigenvalue weighted by Crippen LogP contribution is 2.44. The number of carbonyl (C=O) groups excluding carboxylic acids is 3. The van der Waals surface area contributed by atoms with Crippen LogP contribution >= 0.6 is 11.3 Å². The number of benzene rings is 1. The van der Waals surface area contributed by atoms with Crippen molar-refractivity contribution in [1.82, 2.24) is 4.98 Å². The molecular formula is C23H20FN3O7S. The Labute approximate surface area is 202 Å². The summed E-state index contributed by atoms with van der Waals surface area (Å²) in [6.45, 7) is 3.48. The van der Waals surface area contributed by atoms with Crippen LogP contribution in [0.4, 0.5) is 15.2 Å². The first kappa shape index (κ1) is 24.1. The van der Waals surface area contributed by atoms with Crippen molar-refractivity contribution < 1.29 is 38.2 Å². The SMILES string of the molecule is CCOC(=O)Cc1csc(N2C(=O)C(O)=C(C(=O)c3ccc(C)o3)C2c2ccc(NO)cc2F)n1. The van der Waals surface area contributed by atoms with Crippen molar-refractivity contribution in [3.8, 4) is 0 Å². The number of hydrogen-bond acceptors (Lipinski definition) is 10. The summed E-state index contributed by atoms with van der Waals surface area (Å²) in [5, 5.41) is 21.4. The molecule has 0 fully saturated rings. The number of amides is 1. The Kier molecular flexibility index (Phi) is 6.67. The van der Waals surface area contributed by atoms with E-state index in [2.05, 4.69) is 4.98 Å². The predicted octanol–water partition coefficient (Wildman–Crippen LogP) is 3.87. The van der Waals surface area contributed by atoms with Gasteiger partial charge >= 0.3 is 5.97 Å². The zero-order valence-corrected chi connectivity index (χ0v) is 19.4. The molecule has 182 valence electrons. The second-order valence-electron chi connectivity index (χ2n) is 7.53. The zero-order valence-electron chi connectivity index (χ0n) is 18.6. The van der Waals surface area contributed by atoms with Gasteiger partial charge in [-0.15, -0.1) is 11.3 Å². The fourth-order valence-corrected chi connectivity index (χ4v) is 4.53. The highest BCUT2D eigenvalue weighted by molar-refractivity contribution is 7.14. The lowest BCUT2D eigenvalue weighted by Crippen LogP contribution is -2.31. The maximum Gasteiger partial charge on any atom is 0.311 e. The van der Waals surface area contributed by atoms with Crippen LogP contribution in [0, 0.1) is 12.7 Å². The van der Waals surface area contributed by atoms with Crippen molar-refractivity contribution in [3.63, 3.8) is 0 Å². The number of Topliss-reactive ketones (excluding diaryl/α,β-unsaturated/α-hetero) is 1. The normalized spacial score (nSPS) is 15.6. The number of hydrogen-bond donors (Lipinski definition) is 3. The Morgan fingerprint density at radius 1 is 1.31 bits per heavy atom. The minimum Gasteiger partial charge on any atom is -0.503 e. The fraction of sp³-hybridized carbons (Fsp3) is 0.217. The Morgan fingerprint density at radius 2 is 2.09 bits per heavy atom. The summed E-state index contributed by atoms with van der Waals surface area (Å²) in [6, 6.07) is 5.11. The van der Waals surface area contributed by atoms with E-state index in [4.69, 9.17) is 14.4 Å². The van der Waals surface area contributed by atoms with Gasteiger partial charge in [-0.05, 0) is 38.1 Å². The van der Waals surface area contributed by atoms with Gasteiger partial charge in [0.1, 0.15) is 17.6 Å². The number of aromatic nitrogens is 1. The molecule has 0 saturated carbocycles. The molecule has 3 aromatic rings. The molecule has 0 aliphatic carbocycles. The number of anilines is 2. The highest BCUT2D eigenvalue weighted by atomic mass is 32.1. The first-order chi connectivity index (χ1) is 16.7. The summed E-state index contributed by atoms with van der Waals surface area (Å²) in [7, 11) is 0. The quantitative estimate of drug-likeness (QED) is 0.238. The number of nitrogens with zero attached hydrogens (tertiary/aromatic N) is 2. The van der Waals surface area contributed by atoms with Crippen molar-refractivity contribution in [2.45, 2.75) is 26.3 Å². The van der Waals surface area contributed by atoms with Crippen molar-refractivity contribution in [3.05, 3.63) is 75.6 Å². The largest absolute Gasteiger partial charge is 0.503 e. The lowest BCUT2D eigenvalue weighted by molar-refractivity contribution is -0.142. The number of furan rings is 1. The monoisotopic (exact) mass is 501 g/mol. The molecule has 0 spiro atoms. The molecule has 0 radical (unpaired) electrons. The van der Waals surface area contributed by atoms with E-state index in [-0.39, 0.29) is 35.2 Å². The van der Waals surface area contributed by atoms with Crippen LogP contribution in [-0.4, -0.2) is 39.6 Å². The summed E-state index contributed by atoms with van der Waals surface area (Å²) in [5.41, 5.74) is 1.64. The Bertz CT molecular complexity index is 1350. The molecule has 0 bridgehead atoms. The van der Waals surface area contributed by atoms with Crippen LogP contribution in [0.25, 0.3) is 0 Å². The molecule has 1 unspecified atom stereocenters. The fourth-order valence-electron chi connectivity index (χ4n) is 3.68. The number of ether oxygens (including phenoxy) is 1. The topological polar surface area (TPSA) is 142 Å². The van der Waals surface area contributed by atoms with E-state index in [0.717, 1.165) is 22.3 Å². The number of nitrogens with one attached hydrogen (secondary N) is 1. The van der Waals surface area contributed by atoms with Gasteiger partial charge in [-0.3, -0.25) is 30.0 Å². The number of ketones is 1. The first-order valence-corrected chi connectivity index (χ1v) is 11.3. The number of thiazole rings is 1. The Morgan fingerprint density at radius 3 is 2.71 bits per heavy atom. The van der Waals surface area contributed by atoms with Crippen LogP contribution in [0.1, 0.15) is 40.5 Å². The molecular weight excluding hydrogens is 481 g/mol. The lowest BCUT2D eigenvalue weighted by atomic mass is 9.94. The molecule has 10 nitrogen and oxygen atoms in total. The zero-order chi connectivity index (χ0) is 25.3. The highest BCUT2D eigenvalue weighted by Gasteiger charge is 2.47. The van der Waals surface area contributed by atoms with E-state index in [0.29, 0.717) is 11.5 Å². The third-order valence-corrected chi connectivity index (χ3v) is 6.11. The van der Waals surface area contributed by atoms with Gasteiger partial charge in [0.15, 0.2) is 16.7 Å². The van der Waals surface area contributed by atoms with Crippen molar-refractivity contribution in [2.75, 3.05) is 17.0 Å². The van der Waals surface area contributed by atoms with Gasteiger partial charge < -0.3 is 14.3 Å². The Balaban J connectivity index is 1.81. The van der Waals surface area contributed by atoms with Gasteiger partial charge in [0.25, 0.3) is 5.91 Å². The smallest absolute Gasteiger partial charge is 0.311 e. The van der Waals surface area contributed by atoms with Crippen molar-refractivity contribution in [2.24, 2.45) is 0 Å². The van der Waals surface area contributed by atoms with Crippen LogP contribution in [0.3, 0.4) is 0 Å². The number of aryl methyl sites for hydroxylation is 1. The van der Waals surface area contributed by atoms with Gasteiger partial charge in [-0.1, -0.05) is 6.07 Å². The second kappa shape index (κ2) is 9.68. The van der Waals surface area contributed by atoms with Crippen molar-refractivity contribution >= 4 is 39.8 Å². The number of aliphatic hydroxyl groups excluding tert-OH is 1. The summed E-state index contributed by atoms with van der Waals surface area (Å²) in [6.07, 6.45) is -0.154. The number of esters is 1. The molecule has 35 heavy (non-hydrogen) atoms. The molecule has 1 amide bonds. The summed E-state index contributed by atoms with van der Waals surface area (Å²) in [4.78, 5) is 43.5. The number of aliphatic hydroxyl groups is 1. The molecule has 3 N–H and O–H groups in total. The maximum absolute atomic E-state index is 15.1. The molecule has 1 atom stereocenters. The van der Waals surface area contributed by atoms with Gasteiger partial charge in [0, 0.05) is 10.9 Å². The number of halogens is 1. The van der Waals surface area contributed by atoms with Gasteiger partial charge in [-0.2, -0.15) is 0 Å². The molecule has 1 aliphatic heterocycles. The molecule has 1 aromatic carbocycles. The summed E-state index contributed by atoms with van der Waals surface area (Å²) in [5.74, 6) is -3.73. The van der Waals surface area contributed by atoms with E-state index in [1.807, 2.05) is 5.48 Å². The Hall–Kier alpha value is -4.03. The summed E-state index contributed by atoms with van der Waals surface area (Å²) >= 11 is 0.977. The average Bonchev–Trinajstić information content (AvgIpc) is 3.52. The van der Waals surface area contributed by atoms with E-state index >= 15 is 4.39 Å². The van der Waals surface area contributed by atoms with E-state index in [1.165, 1.54) is 23.6 Å². The molecule has 12 heteroatoms. The van der Waals surface area contributed by atoms with Crippen LogP contribution < -0.4 is 10.4 Å².